The summed E-state index contributed by atoms with van der Waals surface area (Å²) in [5.74, 6) is 0.0327. The van der Waals surface area contributed by atoms with Gasteiger partial charge in [-0.05, 0) is 48.5 Å². The molecule has 4 N–H and O–H groups in total. The highest BCUT2D eigenvalue weighted by Crippen LogP contribution is 2.23. The lowest BCUT2D eigenvalue weighted by atomic mass is 10.3. The van der Waals surface area contributed by atoms with E-state index >= 15 is 0 Å². The molecular weight excluding hydrogens is 264 g/mol. The van der Waals surface area contributed by atoms with Gasteiger partial charge in [0.25, 0.3) is 0 Å². The van der Waals surface area contributed by atoms with Gasteiger partial charge in [-0.3, -0.25) is 0 Å². The third kappa shape index (κ3) is 4.31. The van der Waals surface area contributed by atoms with Crippen molar-refractivity contribution in [3.8, 4) is 0 Å². The van der Waals surface area contributed by atoms with E-state index in [0.29, 0.717) is 5.69 Å². The first-order valence-electron chi connectivity index (χ1n) is 6.43. The summed E-state index contributed by atoms with van der Waals surface area (Å²) < 4.78 is 0. The zero-order chi connectivity index (χ0) is 15.2. The smallest absolute Gasteiger partial charge is 0.191 e. The first kappa shape index (κ1) is 14.5. The van der Waals surface area contributed by atoms with Gasteiger partial charge in [0.05, 0.1) is 17.1 Å². The highest BCUT2D eigenvalue weighted by Gasteiger charge is 1.96. The molecule has 0 saturated carbocycles. The van der Waals surface area contributed by atoms with E-state index in [-0.39, 0.29) is 5.96 Å². The van der Waals surface area contributed by atoms with Gasteiger partial charge < -0.3 is 16.4 Å². The number of hydrogen-bond donors (Lipinski definition) is 2. The molecule has 0 fully saturated rings. The van der Waals surface area contributed by atoms with Crippen molar-refractivity contribution < 1.29 is 0 Å². The van der Waals surface area contributed by atoms with E-state index in [1.807, 2.05) is 43.3 Å². The maximum absolute atomic E-state index is 5.31. The Morgan fingerprint density at radius 2 is 1.19 bits per heavy atom. The monoisotopic (exact) mass is 282 g/mol. The summed E-state index contributed by atoms with van der Waals surface area (Å²) in [5, 5.41) is 8.36. The van der Waals surface area contributed by atoms with E-state index in [4.69, 9.17) is 11.5 Å². The molecule has 2 aromatic carbocycles. The third-order valence-electron chi connectivity index (χ3n) is 2.75. The number of aliphatic imine (C=N–C) groups is 1. The average molecular weight is 282 g/mol. The molecule has 0 spiro atoms. The highest BCUT2D eigenvalue weighted by atomic mass is 15.1. The molecule has 0 heterocycles. The molecule has 2 rings (SSSR count). The summed E-state index contributed by atoms with van der Waals surface area (Å²) in [5.41, 5.74) is 14.0. The minimum Gasteiger partial charge on any atom is -0.378 e. The summed E-state index contributed by atoms with van der Waals surface area (Å²) in [7, 11) is 3.99. The quantitative estimate of drug-likeness (QED) is 0.512. The van der Waals surface area contributed by atoms with Gasteiger partial charge in [0, 0.05) is 19.8 Å². The van der Waals surface area contributed by atoms with Crippen LogP contribution in [0.15, 0.2) is 63.8 Å². The maximum Gasteiger partial charge on any atom is 0.191 e. The van der Waals surface area contributed by atoms with E-state index in [9.17, 15) is 0 Å². The van der Waals surface area contributed by atoms with Crippen LogP contribution in [0.2, 0.25) is 0 Å². The Labute approximate surface area is 123 Å². The van der Waals surface area contributed by atoms with Gasteiger partial charge in [-0.2, -0.15) is 10.2 Å². The Bertz CT molecular complexity index is 637. The third-order valence-corrected chi connectivity index (χ3v) is 2.75. The lowest BCUT2D eigenvalue weighted by Crippen LogP contribution is -2.21. The maximum atomic E-state index is 5.31. The molecule has 0 saturated heterocycles. The van der Waals surface area contributed by atoms with Gasteiger partial charge in [-0.15, -0.1) is 0 Å². The van der Waals surface area contributed by atoms with Crippen LogP contribution >= 0.6 is 0 Å². The highest BCUT2D eigenvalue weighted by molar-refractivity contribution is 5.79. The summed E-state index contributed by atoms with van der Waals surface area (Å²) >= 11 is 0. The molecule has 0 aliphatic heterocycles. The fourth-order valence-corrected chi connectivity index (χ4v) is 1.68. The molecule has 0 aliphatic carbocycles. The van der Waals surface area contributed by atoms with Crippen molar-refractivity contribution in [3.63, 3.8) is 0 Å². The summed E-state index contributed by atoms with van der Waals surface area (Å²) in [6.07, 6.45) is 0. The Hall–Kier alpha value is -2.89. The van der Waals surface area contributed by atoms with Gasteiger partial charge in [-0.25, -0.2) is 4.99 Å². The van der Waals surface area contributed by atoms with Gasteiger partial charge in [-0.1, -0.05) is 0 Å². The minimum absolute atomic E-state index is 0.0327. The molecule has 6 nitrogen and oxygen atoms in total. The van der Waals surface area contributed by atoms with Crippen molar-refractivity contribution in [2.24, 2.45) is 26.7 Å². The standard InChI is InChI=1S/C15H18N6/c1-21(2)14-9-7-13(8-10-14)20-19-12-5-3-11(4-6-12)18-15(16)17/h3-10H,1-2H3,(H4,16,17,18). The van der Waals surface area contributed by atoms with E-state index in [1.54, 1.807) is 24.3 Å². The van der Waals surface area contributed by atoms with Crippen LogP contribution in [0.25, 0.3) is 0 Å². The van der Waals surface area contributed by atoms with E-state index in [0.717, 1.165) is 17.1 Å². The molecule has 0 radical (unpaired) electrons. The zero-order valence-electron chi connectivity index (χ0n) is 12.1. The Morgan fingerprint density at radius 3 is 1.62 bits per heavy atom. The molecule has 21 heavy (non-hydrogen) atoms. The van der Waals surface area contributed by atoms with Crippen LogP contribution < -0.4 is 16.4 Å². The first-order valence-corrected chi connectivity index (χ1v) is 6.43. The number of rotatable bonds is 4. The normalized spacial score (nSPS) is 10.6. The summed E-state index contributed by atoms with van der Waals surface area (Å²) in [6, 6.07) is 15.0. The topological polar surface area (TPSA) is 92.4 Å². The molecule has 0 aromatic heterocycles. The lowest BCUT2D eigenvalue weighted by Gasteiger charge is -2.11. The number of nitrogens with zero attached hydrogens (tertiary/aromatic N) is 4. The fraction of sp³-hybridized carbons (Fsp3) is 0.133. The van der Waals surface area contributed by atoms with Crippen molar-refractivity contribution in [1.82, 2.24) is 0 Å². The van der Waals surface area contributed by atoms with Crippen LogP contribution in [0, 0.1) is 0 Å². The molecule has 2 aromatic rings. The zero-order valence-corrected chi connectivity index (χ0v) is 12.1. The van der Waals surface area contributed by atoms with Crippen molar-refractivity contribution in [3.05, 3.63) is 48.5 Å². The van der Waals surface area contributed by atoms with Crippen molar-refractivity contribution in [1.29, 1.82) is 0 Å². The average Bonchev–Trinajstić information content (AvgIpc) is 2.46. The van der Waals surface area contributed by atoms with E-state index in [2.05, 4.69) is 15.2 Å². The van der Waals surface area contributed by atoms with Crippen LogP contribution in [-0.2, 0) is 0 Å². The molecular formula is C15H18N6. The molecule has 0 bridgehead atoms. The number of guanidine groups is 1. The number of azo groups is 1. The molecule has 6 heteroatoms. The summed E-state index contributed by atoms with van der Waals surface area (Å²) in [4.78, 5) is 5.97. The number of anilines is 1. The second kappa shape index (κ2) is 6.51. The van der Waals surface area contributed by atoms with Crippen LogP contribution in [0.4, 0.5) is 22.7 Å². The van der Waals surface area contributed by atoms with Crippen LogP contribution in [-0.4, -0.2) is 20.1 Å². The second-order valence-corrected chi connectivity index (χ2v) is 4.66. The summed E-state index contributed by atoms with van der Waals surface area (Å²) in [6.45, 7) is 0. The number of hydrogen-bond acceptors (Lipinski definition) is 4. The first-order chi connectivity index (χ1) is 10.0. The molecule has 108 valence electrons. The predicted molar refractivity (Wildman–Crippen MR) is 86.9 cm³/mol. The van der Waals surface area contributed by atoms with Crippen molar-refractivity contribution in [2.75, 3.05) is 19.0 Å². The second-order valence-electron chi connectivity index (χ2n) is 4.66. The predicted octanol–water partition coefficient (Wildman–Crippen LogP) is 3.07. The molecule has 0 atom stereocenters. The largest absolute Gasteiger partial charge is 0.378 e. The number of nitrogens with two attached hydrogens (primary N) is 2. The fourth-order valence-electron chi connectivity index (χ4n) is 1.68. The Kier molecular flexibility index (Phi) is 4.50. The number of benzene rings is 2. The minimum atomic E-state index is 0.0327. The van der Waals surface area contributed by atoms with Gasteiger partial charge >= 0.3 is 0 Å². The van der Waals surface area contributed by atoms with Crippen LogP contribution in [0.3, 0.4) is 0 Å². The van der Waals surface area contributed by atoms with Gasteiger partial charge in [0.2, 0.25) is 0 Å². The lowest BCUT2D eigenvalue weighted by molar-refractivity contribution is 1.13. The van der Waals surface area contributed by atoms with Crippen molar-refractivity contribution >= 4 is 28.7 Å². The van der Waals surface area contributed by atoms with Gasteiger partial charge in [0.15, 0.2) is 5.96 Å². The molecule has 0 aliphatic rings. The van der Waals surface area contributed by atoms with Crippen LogP contribution in [0.1, 0.15) is 0 Å². The SMILES string of the molecule is CN(C)c1ccc(N=Nc2ccc(N=C(N)N)cc2)cc1. The Balaban J connectivity index is 2.08. The molecule has 0 amide bonds. The van der Waals surface area contributed by atoms with E-state index < -0.39 is 0 Å². The molecule has 0 unspecified atom stereocenters. The Morgan fingerprint density at radius 1 is 0.762 bits per heavy atom. The van der Waals surface area contributed by atoms with Crippen LogP contribution in [0.5, 0.6) is 0 Å². The van der Waals surface area contributed by atoms with E-state index in [1.165, 1.54) is 0 Å². The van der Waals surface area contributed by atoms with Gasteiger partial charge in [0.1, 0.15) is 0 Å². The van der Waals surface area contributed by atoms with Crippen molar-refractivity contribution in [2.45, 2.75) is 0 Å².